The first-order valence-corrected chi connectivity index (χ1v) is 17.9. The lowest BCUT2D eigenvalue weighted by molar-refractivity contribution is 1.28. The lowest BCUT2D eigenvalue weighted by Gasteiger charge is -2.34. The Labute approximate surface area is 285 Å². The minimum Gasteiger partial charge on any atom is -0.265 e. The van der Waals surface area contributed by atoms with Crippen LogP contribution in [0.4, 0.5) is 0 Å². The number of aromatic nitrogens is 7. The summed E-state index contributed by atoms with van der Waals surface area (Å²) < 4.78 is 0. The Bertz CT molecular complexity index is 2000. The Morgan fingerprint density at radius 1 is 0.306 bits per heavy atom. The van der Waals surface area contributed by atoms with Crippen LogP contribution < -0.4 is 20.7 Å². The molecule has 0 saturated carbocycles. The van der Waals surface area contributed by atoms with Crippen molar-refractivity contribution >= 4 is 28.8 Å². The second-order valence-corrected chi connectivity index (χ2v) is 15.4. The van der Waals surface area contributed by atoms with Gasteiger partial charge in [0.2, 0.25) is 0 Å². The molecule has 0 N–H and O–H groups in total. The average Bonchev–Trinajstić information content (AvgIpc) is 3.20. The zero-order chi connectivity index (χ0) is 32.9. The molecule has 0 saturated heterocycles. The van der Waals surface area contributed by atoms with E-state index in [1.807, 2.05) is 117 Å². The fraction of sp³-hybridized carbons (Fsp3) is 0. The fourth-order valence-electron chi connectivity index (χ4n) is 6.42. The van der Waals surface area contributed by atoms with Gasteiger partial charge in [-0.1, -0.05) is 54.6 Å². The molecule has 1 aromatic carbocycles. The van der Waals surface area contributed by atoms with Crippen LogP contribution in [0.5, 0.6) is 0 Å². The van der Waals surface area contributed by atoms with Gasteiger partial charge in [-0.15, -0.1) is 0 Å². The van der Waals surface area contributed by atoms with Crippen LogP contribution in [0.15, 0.2) is 177 Å². The van der Waals surface area contributed by atoms with Crippen molar-refractivity contribution < 1.29 is 0 Å². The highest BCUT2D eigenvalue weighted by Gasteiger charge is 2.44. The minimum absolute atomic E-state index is 0.847. The molecule has 0 atom stereocenters. The highest BCUT2D eigenvalue weighted by Crippen LogP contribution is 2.23. The summed E-state index contributed by atoms with van der Waals surface area (Å²) in [6.45, 7) is 0. The van der Waals surface area contributed by atoms with Crippen molar-refractivity contribution in [2.45, 2.75) is 0 Å². The third-order valence-electron chi connectivity index (χ3n) is 8.73. The number of hydrogen-bond donors (Lipinski definition) is 0. The summed E-state index contributed by atoms with van der Waals surface area (Å²) in [6, 6.07) is 35.2. The molecule has 0 aliphatic carbocycles. The van der Waals surface area contributed by atoms with Gasteiger partial charge >= 0.3 is 0 Å². The first-order chi connectivity index (χ1) is 24.3. The van der Waals surface area contributed by atoms with Crippen molar-refractivity contribution in [2.24, 2.45) is 0 Å². The van der Waals surface area contributed by atoms with Crippen LogP contribution >= 0.6 is 0 Å². The van der Waals surface area contributed by atoms with E-state index in [0.29, 0.717) is 0 Å². The van der Waals surface area contributed by atoms with E-state index < -0.39 is 8.07 Å². The summed E-state index contributed by atoms with van der Waals surface area (Å²) in [4.78, 5) is 33.1. The first kappa shape index (κ1) is 29.9. The predicted molar refractivity (Wildman–Crippen MR) is 196 cm³/mol. The summed E-state index contributed by atoms with van der Waals surface area (Å²) in [7, 11) is -3.28. The van der Waals surface area contributed by atoms with Gasteiger partial charge in [-0.2, -0.15) is 0 Å². The van der Waals surface area contributed by atoms with Crippen molar-refractivity contribution in [1.82, 2.24) is 34.9 Å². The number of pyridine rings is 7. The lowest BCUT2D eigenvalue weighted by Crippen LogP contribution is -2.75. The fourth-order valence-corrected chi connectivity index (χ4v) is 11.0. The molecule has 0 unspecified atom stereocenters. The quantitative estimate of drug-likeness (QED) is 0.201. The van der Waals surface area contributed by atoms with Gasteiger partial charge in [0.1, 0.15) is 0 Å². The molecule has 0 fully saturated rings. The van der Waals surface area contributed by atoms with Crippen molar-refractivity contribution in [3.05, 3.63) is 177 Å². The SMILES string of the molecule is c1ccc(-c2cncc([Si](c3cncc(-c4ccncc4)c3)(c3cncc(-c4ccccn4)c3)c3cncc(-c4ccccn4)c3)c2)cc1. The normalized spacial score (nSPS) is 11.3. The van der Waals surface area contributed by atoms with Gasteiger partial charge in [0.25, 0.3) is 0 Å². The van der Waals surface area contributed by atoms with Crippen molar-refractivity contribution in [3.63, 3.8) is 0 Å². The van der Waals surface area contributed by atoms with Crippen molar-refractivity contribution in [2.75, 3.05) is 0 Å². The molecule has 8 rings (SSSR count). The summed E-state index contributed by atoms with van der Waals surface area (Å²) in [6.07, 6.45) is 22.8. The van der Waals surface area contributed by atoms with Gasteiger partial charge in [-0.25, -0.2) is 0 Å². The molecule has 232 valence electrons. The van der Waals surface area contributed by atoms with E-state index in [1.165, 1.54) is 0 Å². The maximum absolute atomic E-state index is 4.89. The van der Waals surface area contributed by atoms with Gasteiger partial charge in [0.15, 0.2) is 8.07 Å². The Balaban J connectivity index is 1.47. The van der Waals surface area contributed by atoms with Crippen molar-refractivity contribution in [3.8, 4) is 44.8 Å². The average molecular weight is 648 g/mol. The van der Waals surface area contributed by atoms with Crippen LogP contribution in [0.3, 0.4) is 0 Å². The second-order valence-electron chi connectivity index (χ2n) is 11.6. The number of hydrogen-bond acceptors (Lipinski definition) is 7. The smallest absolute Gasteiger partial charge is 0.185 e. The van der Waals surface area contributed by atoms with Gasteiger partial charge in [0.05, 0.1) is 11.4 Å². The number of nitrogens with zero attached hydrogens (tertiary/aromatic N) is 7. The van der Waals surface area contributed by atoms with E-state index >= 15 is 0 Å². The van der Waals surface area contributed by atoms with E-state index in [2.05, 4.69) is 63.5 Å². The Hall–Kier alpha value is -6.51. The summed E-state index contributed by atoms with van der Waals surface area (Å²) in [5, 5.41) is 4.24. The molecule has 7 heterocycles. The topological polar surface area (TPSA) is 90.2 Å². The number of rotatable bonds is 8. The Morgan fingerprint density at radius 3 is 1.16 bits per heavy atom. The predicted octanol–water partition coefficient (Wildman–Crippen LogP) is 5.50. The molecule has 8 heteroatoms. The van der Waals surface area contributed by atoms with Crippen LogP contribution in [0.2, 0.25) is 0 Å². The minimum atomic E-state index is -3.28. The lowest BCUT2D eigenvalue weighted by atomic mass is 10.1. The van der Waals surface area contributed by atoms with Crippen molar-refractivity contribution in [1.29, 1.82) is 0 Å². The van der Waals surface area contributed by atoms with Gasteiger partial charge < -0.3 is 0 Å². The standard InChI is InChI=1S/C41H29N7Si/c1-2-8-30(9-3-1)32-18-36(26-43-22-32)49(37-19-33(23-44-27-37)31-12-16-42-17-13-31,38-20-34(24-45-28-38)40-10-4-6-14-47-40)39-21-35(25-46-29-39)41-11-5-7-15-48-41/h1-29H. The van der Waals surface area contributed by atoms with Gasteiger partial charge in [-0.05, 0) is 86.0 Å². The van der Waals surface area contributed by atoms with E-state index in [0.717, 1.165) is 65.5 Å². The van der Waals surface area contributed by atoms with Gasteiger partial charge in [-0.3, -0.25) is 34.9 Å². The monoisotopic (exact) mass is 647 g/mol. The van der Waals surface area contributed by atoms with Crippen LogP contribution in [-0.4, -0.2) is 43.0 Å². The molecular formula is C41H29N7Si. The van der Waals surface area contributed by atoms with E-state index in [1.54, 1.807) is 12.4 Å². The first-order valence-electron chi connectivity index (χ1n) is 15.9. The third kappa shape index (κ3) is 5.81. The molecule has 0 bridgehead atoms. The van der Waals surface area contributed by atoms with Gasteiger partial charge in [0, 0.05) is 91.1 Å². The molecule has 49 heavy (non-hydrogen) atoms. The second kappa shape index (κ2) is 13.3. The maximum Gasteiger partial charge on any atom is 0.185 e. The highest BCUT2D eigenvalue weighted by molar-refractivity contribution is 7.19. The molecule has 0 radical (unpaired) electrons. The van der Waals surface area contributed by atoms with E-state index in [4.69, 9.17) is 19.9 Å². The zero-order valence-corrected chi connectivity index (χ0v) is 27.4. The van der Waals surface area contributed by atoms with Crippen LogP contribution in [0, 0.1) is 0 Å². The van der Waals surface area contributed by atoms with E-state index in [9.17, 15) is 0 Å². The maximum atomic E-state index is 4.89. The molecule has 7 nitrogen and oxygen atoms in total. The molecule has 0 aliphatic heterocycles. The molecular weight excluding hydrogens is 619 g/mol. The van der Waals surface area contributed by atoms with Crippen LogP contribution in [0.1, 0.15) is 0 Å². The third-order valence-corrected chi connectivity index (χ3v) is 13.3. The van der Waals surface area contributed by atoms with E-state index in [-0.39, 0.29) is 0 Å². The summed E-state index contributed by atoms with van der Waals surface area (Å²) in [5.41, 5.74) is 7.68. The summed E-state index contributed by atoms with van der Waals surface area (Å²) >= 11 is 0. The Kier molecular flexibility index (Phi) is 8.11. The molecule has 0 aliphatic rings. The molecule has 0 spiro atoms. The zero-order valence-electron chi connectivity index (χ0n) is 26.4. The highest BCUT2D eigenvalue weighted by atomic mass is 28.3. The summed E-state index contributed by atoms with van der Waals surface area (Å²) in [5.74, 6) is 0. The largest absolute Gasteiger partial charge is 0.265 e. The van der Waals surface area contributed by atoms with Crippen LogP contribution in [-0.2, 0) is 0 Å². The molecule has 8 aromatic rings. The number of benzene rings is 1. The molecule has 0 amide bonds. The van der Waals surface area contributed by atoms with Crippen LogP contribution in [0.25, 0.3) is 44.8 Å². The Morgan fingerprint density at radius 2 is 0.714 bits per heavy atom. The molecule has 7 aromatic heterocycles.